The van der Waals surface area contributed by atoms with Crippen molar-refractivity contribution in [3.63, 3.8) is 0 Å². The Bertz CT molecular complexity index is 399. The Hall–Kier alpha value is -1.03. The van der Waals surface area contributed by atoms with Crippen molar-refractivity contribution in [3.8, 4) is 0 Å². The van der Waals surface area contributed by atoms with E-state index in [1.807, 2.05) is 19.1 Å². The normalized spacial score (nSPS) is 15.1. The van der Waals surface area contributed by atoms with Crippen LogP contribution in [0.3, 0.4) is 0 Å². The zero-order chi connectivity index (χ0) is 10.1. The summed E-state index contributed by atoms with van der Waals surface area (Å²) in [6.07, 6.45) is 0. The highest BCUT2D eigenvalue weighted by molar-refractivity contribution is 9.10. The molecular formula is C10H12BrN3. The fraction of sp³-hybridized carbons (Fsp3) is 0.300. The lowest BCUT2D eigenvalue weighted by Gasteiger charge is -2.09. The van der Waals surface area contributed by atoms with Crippen LogP contribution in [-0.4, -0.2) is 18.9 Å². The summed E-state index contributed by atoms with van der Waals surface area (Å²) in [7, 11) is 0. The number of nitrogens with two attached hydrogens (primary N) is 1. The molecule has 1 aromatic carbocycles. The number of hydrogen-bond acceptors (Lipinski definition) is 3. The molecule has 0 saturated carbocycles. The van der Waals surface area contributed by atoms with Gasteiger partial charge in [-0.1, -0.05) is 15.9 Å². The number of nitrogens with zero attached hydrogens (tertiary/aromatic N) is 1. The molecule has 1 aliphatic rings. The maximum atomic E-state index is 5.99. The Morgan fingerprint density at radius 3 is 2.93 bits per heavy atom. The van der Waals surface area contributed by atoms with Gasteiger partial charge in [0.25, 0.3) is 0 Å². The molecule has 4 heteroatoms. The summed E-state index contributed by atoms with van der Waals surface area (Å²) in [4.78, 5) is 4.35. The maximum Gasteiger partial charge on any atom is 0.130 e. The van der Waals surface area contributed by atoms with Crippen LogP contribution in [0.1, 0.15) is 11.1 Å². The van der Waals surface area contributed by atoms with Crippen LogP contribution in [0.25, 0.3) is 0 Å². The number of aliphatic imine (C=N–C) groups is 1. The molecule has 0 aromatic heterocycles. The Morgan fingerprint density at radius 1 is 1.50 bits per heavy atom. The molecule has 0 bridgehead atoms. The molecule has 2 rings (SSSR count). The number of anilines is 1. The minimum atomic E-state index is 0.807. The third kappa shape index (κ3) is 1.62. The van der Waals surface area contributed by atoms with Gasteiger partial charge >= 0.3 is 0 Å². The van der Waals surface area contributed by atoms with E-state index >= 15 is 0 Å². The maximum absolute atomic E-state index is 5.99. The summed E-state index contributed by atoms with van der Waals surface area (Å²) >= 11 is 3.46. The van der Waals surface area contributed by atoms with Gasteiger partial charge in [0.1, 0.15) is 5.84 Å². The zero-order valence-electron chi connectivity index (χ0n) is 7.97. The van der Waals surface area contributed by atoms with E-state index in [4.69, 9.17) is 5.73 Å². The van der Waals surface area contributed by atoms with Gasteiger partial charge in [0, 0.05) is 22.3 Å². The molecule has 3 nitrogen and oxygen atoms in total. The van der Waals surface area contributed by atoms with Crippen LogP contribution in [0.4, 0.5) is 5.69 Å². The third-order valence-electron chi connectivity index (χ3n) is 2.28. The van der Waals surface area contributed by atoms with Crippen LogP contribution in [0, 0.1) is 6.92 Å². The topological polar surface area (TPSA) is 50.4 Å². The molecule has 0 fully saturated rings. The molecule has 0 radical (unpaired) electrons. The first-order chi connectivity index (χ1) is 6.68. The Balaban J connectivity index is 2.51. The Kier molecular flexibility index (Phi) is 2.46. The molecule has 0 amide bonds. The van der Waals surface area contributed by atoms with Crippen LogP contribution < -0.4 is 11.1 Å². The van der Waals surface area contributed by atoms with E-state index in [2.05, 4.69) is 26.2 Å². The van der Waals surface area contributed by atoms with Crippen molar-refractivity contribution in [2.24, 2.45) is 4.99 Å². The number of nitrogens with one attached hydrogen (secondary N) is 1. The molecule has 0 spiro atoms. The standard InChI is InChI=1S/C10H12BrN3/c1-6-4-7(11)5-8(9(6)12)10-13-2-3-14-10/h4-5H,2-3,12H2,1H3,(H,13,14). The number of hydrogen-bond donors (Lipinski definition) is 2. The summed E-state index contributed by atoms with van der Waals surface area (Å²) < 4.78 is 1.04. The number of rotatable bonds is 1. The van der Waals surface area contributed by atoms with Gasteiger partial charge in [-0.3, -0.25) is 4.99 Å². The van der Waals surface area contributed by atoms with Crippen molar-refractivity contribution >= 4 is 27.5 Å². The molecule has 1 heterocycles. The molecule has 0 atom stereocenters. The van der Waals surface area contributed by atoms with Crippen LogP contribution in [0.15, 0.2) is 21.6 Å². The van der Waals surface area contributed by atoms with Gasteiger partial charge in [-0.2, -0.15) is 0 Å². The van der Waals surface area contributed by atoms with Gasteiger partial charge in [0.05, 0.1) is 6.54 Å². The van der Waals surface area contributed by atoms with E-state index in [-0.39, 0.29) is 0 Å². The molecule has 74 valence electrons. The smallest absolute Gasteiger partial charge is 0.130 e. The van der Waals surface area contributed by atoms with E-state index < -0.39 is 0 Å². The van der Waals surface area contributed by atoms with Crippen LogP contribution >= 0.6 is 15.9 Å². The summed E-state index contributed by atoms with van der Waals surface area (Å²) in [6.45, 7) is 3.74. The Morgan fingerprint density at radius 2 is 2.29 bits per heavy atom. The monoisotopic (exact) mass is 253 g/mol. The highest BCUT2D eigenvalue weighted by Gasteiger charge is 2.13. The minimum Gasteiger partial charge on any atom is -0.398 e. The lowest BCUT2D eigenvalue weighted by molar-refractivity contribution is 0.960. The SMILES string of the molecule is Cc1cc(Br)cc(C2=NCCN2)c1N. The fourth-order valence-corrected chi connectivity index (χ4v) is 2.10. The molecule has 0 saturated heterocycles. The van der Waals surface area contributed by atoms with Crippen molar-refractivity contribution in [2.75, 3.05) is 18.8 Å². The van der Waals surface area contributed by atoms with Crippen LogP contribution in [0.2, 0.25) is 0 Å². The highest BCUT2D eigenvalue weighted by Crippen LogP contribution is 2.23. The average Bonchev–Trinajstić information content (AvgIpc) is 2.63. The summed E-state index contributed by atoms with van der Waals surface area (Å²) in [5.74, 6) is 0.909. The van der Waals surface area contributed by atoms with E-state index in [1.54, 1.807) is 0 Å². The Labute approximate surface area is 91.5 Å². The van der Waals surface area contributed by atoms with E-state index in [9.17, 15) is 0 Å². The number of benzene rings is 1. The predicted octanol–water partition coefficient (Wildman–Crippen LogP) is 1.69. The molecule has 0 unspecified atom stereocenters. The van der Waals surface area contributed by atoms with Crippen molar-refractivity contribution in [2.45, 2.75) is 6.92 Å². The third-order valence-corrected chi connectivity index (χ3v) is 2.74. The number of amidine groups is 1. The number of halogens is 1. The fourth-order valence-electron chi connectivity index (χ4n) is 1.53. The first-order valence-electron chi connectivity index (χ1n) is 4.53. The average molecular weight is 254 g/mol. The minimum absolute atomic E-state index is 0.807. The number of aryl methyl sites for hydroxylation is 1. The second kappa shape index (κ2) is 3.61. The van der Waals surface area contributed by atoms with E-state index in [0.717, 1.165) is 40.2 Å². The molecule has 1 aromatic rings. The first kappa shape index (κ1) is 9.52. The summed E-state index contributed by atoms with van der Waals surface area (Å²) in [6, 6.07) is 4.01. The quantitative estimate of drug-likeness (QED) is 0.749. The highest BCUT2D eigenvalue weighted by atomic mass is 79.9. The van der Waals surface area contributed by atoms with Gasteiger partial charge in [0.2, 0.25) is 0 Å². The molecule has 14 heavy (non-hydrogen) atoms. The van der Waals surface area contributed by atoms with Crippen molar-refractivity contribution < 1.29 is 0 Å². The lowest BCUT2D eigenvalue weighted by Crippen LogP contribution is -2.21. The summed E-state index contributed by atoms with van der Waals surface area (Å²) in [5, 5.41) is 3.22. The molecule has 3 N–H and O–H groups in total. The second-order valence-electron chi connectivity index (χ2n) is 3.34. The largest absolute Gasteiger partial charge is 0.398 e. The van der Waals surface area contributed by atoms with Crippen LogP contribution in [-0.2, 0) is 0 Å². The van der Waals surface area contributed by atoms with Crippen molar-refractivity contribution in [1.29, 1.82) is 0 Å². The van der Waals surface area contributed by atoms with Gasteiger partial charge < -0.3 is 11.1 Å². The van der Waals surface area contributed by atoms with Gasteiger partial charge in [-0.25, -0.2) is 0 Å². The van der Waals surface area contributed by atoms with E-state index in [0.29, 0.717) is 0 Å². The second-order valence-corrected chi connectivity index (χ2v) is 4.26. The van der Waals surface area contributed by atoms with Gasteiger partial charge in [-0.15, -0.1) is 0 Å². The molecular weight excluding hydrogens is 242 g/mol. The van der Waals surface area contributed by atoms with Crippen molar-refractivity contribution in [1.82, 2.24) is 5.32 Å². The van der Waals surface area contributed by atoms with E-state index in [1.165, 1.54) is 0 Å². The summed E-state index contributed by atoms with van der Waals surface area (Å²) in [5.41, 5.74) is 8.87. The zero-order valence-corrected chi connectivity index (χ0v) is 9.56. The predicted molar refractivity (Wildman–Crippen MR) is 62.7 cm³/mol. The van der Waals surface area contributed by atoms with Gasteiger partial charge in [0.15, 0.2) is 0 Å². The van der Waals surface area contributed by atoms with Crippen molar-refractivity contribution in [3.05, 3.63) is 27.7 Å². The number of nitrogen functional groups attached to an aromatic ring is 1. The van der Waals surface area contributed by atoms with Crippen LogP contribution in [0.5, 0.6) is 0 Å². The molecule has 0 aliphatic carbocycles. The lowest BCUT2D eigenvalue weighted by atomic mass is 10.1. The first-order valence-corrected chi connectivity index (χ1v) is 5.32. The van der Waals surface area contributed by atoms with Gasteiger partial charge in [-0.05, 0) is 24.6 Å². The molecule has 1 aliphatic heterocycles.